The maximum atomic E-state index is 10.7. The molecule has 0 amide bonds. The van der Waals surface area contributed by atoms with Crippen molar-refractivity contribution in [3.63, 3.8) is 0 Å². The average molecular weight is 286 g/mol. The van der Waals surface area contributed by atoms with Crippen molar-refractivity contribution in [2.75, 3.05) is 7.11 Å². The minimum absolute atomic E-state index is 0.117. The molecule has 0 heterocycles. The minimum Gasteiger partial charge on any atom is -0.497 e. The van der Waals surface area contributed by atoms with E-state index in [9.17, 15) is 10.1 Å². The molecular weight excluding hydrogens is 268 g/mol. The Morgan fingerprint density at radius 2 is 1.95 bits per heavy atom. The molecule has 1 atom stereocenters. The zero-order valence-corrected chi connectivity index (χ0v) is 12.1. The number of nitro groups is 1. The fraction of sp³-hybridized carbons (Fsp3) is 0.250. The summed E-state index contributed by atoms with van der Waals surface area (Å²) < 4.78 is 5.13. The number of nitro benzene ring substituents is 1. The minimum atomic E-state index is -0.379. The molecule has 2 rings (SSSR count). The molecule has 2 aromatic rings. The number of benzene rings is 2. The number of rotatable bonds is 6. The molecule has 0 aliphatic heterocycles. The predicted octanol–water partition coefficient (Wildman–Crippen LogP) is 3.45. The molecule has 0 bridgehead atoms. The smallest absolute Gasteiger partial charge is 0.269 e. The van der Waals surface area contributed by atoms with Crippen LogP contribution in [0.1, 0.15) is 24.1 Å². The van der Waals surface area contributed by atoms with E-state index in [4.69, 9.17) is 4.74 Å². The Morgan fingerprint density at radius 1 is 1.24 bits per heavy atom. The lowest BCUT2D eigenvalue weighted by molar-refractivity contribution is -0.384. The van der Waals surface area contributed by atoms with Gasteiger partial charge in [0.15, 0.2) is 0 Å². The molecule has 1 N–H and O–H groups in total. The lowest BCUT2D eigenvalue weighted by Crippen LogP contribution is -2.18. The highest BCUT2D eigenvalue weighted by Gasteiger charge is 2.08. The number of non-ortho nitro benzene ring substituents is 1. The highest BCUT2D eigenvalue weighted by Crippen LogP contribution is 2.18. The molecule has 0 unspecified atom stereocenters. The van der Waals surface area contributed by atoms with Gasteiger partial charge >= 0.3 is 0 Å². The van der Waals surface area contributed by atoms with E-state index in [0.717, 1.165) is 16.9 Å². The number of hydrogen-bond acceptors (Lipinski definition) is 4. The molecule has 2 aromatic carbocycles. The third-order valence-electron chi connectivity index (χ3n) is 3.35. The first-order valence-corrected chi connectivity index (χ1v) is 6.71. The van der Waals surface area contributed by atoms with E-state index in [0.29, 0.717) is 6.54 Å². The van der Waals surface area contributed by atoms with Crippen LogP contribution in [0.15, 0.2) is 48.5 Å². The summed E-state index contributed by atoms with van der Waals surface area (Å²) >= 11 is 0. The van der Waals surface area contributed by atoms with E-state index in [1.54, 1.807) is 19.2 Å². The Kier molecular flexibility index (Phi) is 4.90. The van der Waals surface area contributed by atoms with Crippen LogP contribution in [-0.4, -0.2) is 12.0 Å². The third-order valence-corrected chi connectivity index (χ3v) is 3.35. The van der Waals surface area contributed by atoms with Gasteiger partial charge in [-0.15, -0.1) is 0 Å². The van der Waals surface area contributed by atoms with E-state index in [2.05, 4.69) is 12.2 Å². The topological polar surface area (TPSA) is 64.4 Å². The number of nitrogens with one attached hydrogen (secondary N) is 1. The Hall–Kier alpha value is -2.40. The van der Waals surface area contributed by atoms with Crippen molar-refractivity contribution in [2.24, 2.45) is 0 Å². The van der Waals surface area contributed by atoms with Crippen molar-refractivity contribution in [1.29, 1.82) is 0 Å². The first-order valence-electron chi connectivity index (χ1n) is 6.71. The van der Waals surface area contributed by atoms with Gasteiger partial charge in [-0.3, -0.25) is 10.1 Å². The van der Waals surface area contributed by atoms with Crippen LogP contribution in [-0.2, 0) is 6.54 Å². The highest BCUT2D eigenvalue weighted by molar-refractivity contribution is 5.34. The molecule has 5 heteroatoms. The van der Waals surface area contributed by atoms with Gasteiger partial charge < -0.3 is 10.1 Å². The standard InChI is InChI=1S/C16H18N2O3/c1-12(14-6-8-16(21-2)9-7-14)17-11-13-4-3-5-15(10-13)18(19)20/h3-10,12,17H,11H2,1-2H3/t12-/m1/s1. The van der Waals surface area contributed by atoms with Gasteiger partial charge in [0.25, 0.3) is 5.69 Å². The van der Waals surface area contributed by atoms with Crippen LogP contribution in [0.3, 0.4) is 0 Å². The lowest BCUT2D eigenvalue weighted by atomic mass is 10.1. The molecule has 0 aromatic heterocycles. The van der Waals surface area contributed by atoms with Gasteiger partial charge in [-0.05, 0) is 30.2 Å². The summed E-state index contributed by atoms with van der Waals surface area (Å²) in [5.74, 6) is 0.824. The van der Waals surface area contributed by atoms with Crippen molar-refractivity contribution < 1.29 is 9.66 Å². The van der Waals surface area contributed by atoms with Crippen LogP contribution in [0.2, 0.25) is 0 Å². The Bertz CT molecular complexity index is 611. The van der Waals surface area contributed by atoms with Gasteiger partial charge in [-0.25, -0.2) is 0 Å². The maximum absolute atomic E-state index is 10.7. The van der Waals surface area contributed by atoms with Crippen molar-refractivity contribution in [3.8, 4) is 5.75 Å². The van der Waals surface area contributed by atoms with Gasteiger partial charge in [0.05, 0.1) is 12.0 Å². The van der Waals surface area contributed by atoms with Gasteiger partial charge in [-0.2, -0.15) is 0 Å². The van der Waals surface area contributed by atoms with E-state index in [-0.39, 0.29) is 16.7 Å². The molecule has 21 heavy (non-hydrogen) atoms. The molecular formula is C16H18N2O3. The second kappa shape index (κ2) is 6.85. The molecule has 0 aliphatic carbocycles. The number of nitrogens with zero attached hydrogens (tertiary/aromatic N) is 1. The van der Waals surface area contributed by atoms with Crippen LogP contribution in [0, 0.1) is 10.1 Å². The van der Waals surface area contributed by atoms with Crippen LogP contribution in [0.5, 0.6) is 5.75 Å². The first kappa shape index (κ1) is 15.0. The summed E-state index contributed by atoms with van der Waals surface area (Å²) in [6.07, 6.45) is 0. The Morgan fingerprint density at radius 3 is 2.57 bits per heavy atom. The third kappa shape index (κ3) is 4.03. The van der Waals surface area contributed by atoms with E-state index >= 15 is 0 Å². The molecule has 0 saturated carbocycles. The van der Waals surface area contributed by atoms with E-state index < -0.39 is 0 Å². The van der Waals surface area contributed by atoms with Crippen molar-refractivity contribution in [1.82, 2.24) is 5.32 Å². The molecule has 0 spiro atoms. The summed E-state index contributed by atoms with van der Waals surface area (Å²) in [5.41, 5.74) is 2.15. The highest BCUT2D eigenvalue weighted by atomic mass is 16.6. The van der Waals surface area contributed by atoms with Crippen LogP contribution < -0.4 is 10.1 Å². The number of methoxy groups -OCH3 is 1. The normalized spacial score (nSPS) is 11.9. The van der Waals surface area contributed by atoms with Crippen LogP contribution >= 0.6 is 0 Å². The molecule has 110 valence electrons. The van der Waals surface area contributed by atoms with Crippen molar-refractivity contribution in [2.45, 2.75) is 19.5 Å². The zero-order chi connectivity index (χ0) is 15.2. The van der Waals surface area contributed by atoms with Gasteiger partial charge in [0, 0.05) is 24.7 Å². The summed E-state index contributed by atoms with van der Waals surface area (Å²) in [7, 11) is 1.64. The van der Waals surface area contributed by atoms with E-state index in [1.807, 2.05) is 30.3 Å². The summed E-state index contributed by atoms with van der Waals surface area (Å²) in [4.78, 5) is 10.4. The quantitative estimate of drug-likeness (QED) is 0.652. The van der Waals surface area contributed by atoms with Crippen LogP contribution in [0.25, 0.3) is 0 Å². The van der Waals surface area contributed by atoms with Crippen molar-refractivity contribution >= 4 is 5.69 Å². The second-order valence-electron chi connectivity index (χ2n) is 4.80. The number of hydrogen-bond donors (Lipinski definition) is 1. The molecule has 5 nitrogen and oxygen atoms in total. The van der Waals surface area contributed by atoms with Gasteiger partial charge in [0.2, 0.25) is 0 Å². The lowest BCUT2D eigenvalue weighted by Gasteiger charge is -2.14. The second-order valence-corrected chi connectivity index (χ2v) is 4.80. The Labute approximate surface area is 123 Å². The van der Waals surface area contributed by atoms with Crippen LogP contribution in [0.4, 0.5) is 5.69 Å². The summed E-state index contributed by atoms with van der Waals surface area (Å²) in [5, 5.41) is 14.1. The zero-order valence-electron chi connectivity index (χ0n) is 12.1. The first-order chi connectivity index (χ1) is 10.1. The fourth-order valence-electron chi connectivity index (χ4n) is 2.06. The maximum Gasteiger partial charge on any atom is 0.269 e. The van der Waals surface area contributed by atoms with Gasteiger partial charge in [0.1, 0.15) is 5.75 Å². The average Bonchev–Trinajstić information content (AvgIpc) is 2.53. The van der Waals surface area contributed by atoms with E-state index in [1.165, 1.54) is 6.07 Å². The summed E-state index contributed by atoms with van der Waals surface area (Å²) in [6, 6.07) is 14.7. The summed E-state index contributed by atoms with van der Waals surface area (Å²) in [6.45, 7) is 2.63. The van der Waals surface area contributed by atoms with Crippen molar-refractivity contribution in [3.05, 3.63) is 69.8 Å². The Balaban J connectivity index is 1.98. The van der Waals surface area contributed by atoms with Gasteiger partial charge in [-0.1, -0.05) is 24.3 Å². The predicted molar refractivity (Wildman–Crippen MR) is 81.3 cm³/mol. The number of ether oxygens (including phenoxy) is 1. The fourth-order valence-corrected chi connectivity index (χ4v) is 2.06. The molecule has 0 radical (unpaired) electrons. The molecule has 0 aliphatic rings. The SMILES string of the molecule is COc1ccc([C@@H](C)NCc2cccc([N+](=O)[O-])c2)cc1. The monoisotopic (exact) mass is 286 g/mol. The molecule has 0 fully saturated rings. The molecule has 0 saturated heterocycles. The largest absolute Gasteiger partial charge is 0.497 e.